The molecule has 0 unspecified atom stereocenters. The standard InChI is InChI=1S/C36H65N9O6/c1-12-25(4)33(29(50-10)23-31(48)45-18-14-15-28(45)34(51-11)26(5)27(6)46)42(9)35(49)32(24(2)3)39-36(41(7)8)44-21-19-43(20-22-44)30(47)16-13-17-38-40-37/h24-26,28-29,32-34H,12-23H2,1-11H3/t25-,26-,28-,29+,32-,33-,34+/m0/s1. The first-order chi connectivity index (χ1) is 24.1. The Balaban J connectivity index is 2.29. The van der Waals surface area contributed by atoms with E-state index in [2.05, 4.69) is 28.8 Å². The van der Waals surface area contributed by atoms with Gasteiger partial charge < -0.3 is 34.0 Å². The lowest BCUT2D eigenvalue weighted by atomic mass is 9.89. The molecule has 15 heteroatoms. The molecule has 0 spiro atoms. The summed E-state index contributed by atoms with van der Waals surface area (Å²) in [6.45, 7) is 14.6. The van der Waals surface area contributed by atoms with Gasteiger partial charge in [-0.25, -0.2) is 4.99 Å². The van der Waals surface area contributed by atoms with E-state index in [9.17, 15) is 19.2 Å². The van der Waals surface area contributed by atoms with Crippen molar-refractivity contribution >= 4 is 29.5 Å². The van der Waals surface area contributed by atoms with Crippen LogP contribution in [0.4, 0.5) is 0 Å². The van der Waals surface area contributed by atoms with E-state index in [4.69, 9.17) is 20.0 Å². The second kappa shape index (κ2) is 21.2. The Morgan fingerprint density at radius 3 is 2.08 bits per heavy atom. The van der Waals surface area contributed by atoms with Gasteiger partial charge >= 0.3 is 0 Å². The second-order valence-electron chi connectivity index (χ2n) is 14.6. The van der Waals surface area contributed by atoms with Crippen molar-refractivity contribution in [2.24, 2.45) is 27.9 Å². The molecule has 0 aromatic rings. The molecule has 2 heterocycles. The molecule has 15 nitrogen and oxygen atoms in total. The fraction of sp³-hybridized carbons (Fsp3) is 0.861. The van der Waals surface area contributed by atoms with Gasteiger partial charge in [0.05, 0.1) is 30.7 Å². The van der Waals surface area contributed by atoms with E-state index >= 15 is 0 Å². The Hall–Kier alpha value is -3.42. The number of carbonyl (C=O) groups excluding carboxylic acids is 4. The van der Waals surface area contributed by atoms with Gasteiger partial charge in [0.2, 0.25) is 17.7 Å². The quantitative estimate of drug-likeness (QED) is 0.0517. The molecule has 0 aliphatic carbocycles. The van der Waals surface area contributed by atoms with Crippen LogP contribution in [-0.2, 0) is 28.7 Å². The van der Waals surface area contributed by atoms with Crippen molar-refractivity contribution < 1.29 is 28.7 Å². The third-order valence-electron chi connectivity index (χ3n) is 10.7. The molecule has 0 N–H and O–H groups in total. The molecule has 2 aliphatic heterocycles. The van der Waals surface area contributed by atoms with Crippen molar-refractivity contribution in [3.05, 3.63) is 10.4 Å². The molecule has 2 saturated heterocycles. The van der Waals surface area contributed by atoms with E-state index in [1.165, 1.54) is 0 Å². The number of carbonyl (C=O) groups is 4. The third-order valence-corrected chi connectivity index (χ3v) is 10.7. The number of ketones is 1. The minimum absolute atomic E-state index is 0.0259. The van der Waals surface area contributed by atoms with Gasteiger partial charge in [-0.05, 0) is 43.6 Å². The van der Waals surface area contributed by atoms with Crippen LogP contribution in [0.1, 0.15) is 80.1 Å². The number of ether oxygens (including phenoxy) is 2. The van der Waals surface area contributed by atoms with E-state index in [0.29, 0.717) is 58.1 Å². The number of piperazine rings is 1. The van der Waals surface area contributed by atoms with E-state index in [-0.39, 0.29) is 65.9 Å². The lowest BCUT2D eigenvalue weighted by molar-refractivity contribution is -0.146. The summed E-state index contributed by atoms with van der Waals surface area (Å²) in [4.78, 5) is 70.6. The predicted octanol–water partition coefficient (Wildman–Crippen LogP) is 3.67. The van der Waals surface area contributed by atoms with Crippen molar-refractivity contribution in [2.45, 2.75) is 110 Å². The van der Waals surface area contributed by atoms with Crippen molar-refractivity contribution in [2.75, 3.05) is 74.6 Å². The summed E-state index contributed by atoms with van der Waals surface area (Å²) in [5.74, 6) is 0.0972. The normalized spacial score (nSPS) is 20.3. The number of nitrogens with zero attached hydrogens (tertiary/aromatic N) is 9. The van der Waals surface area contributed by atoms with Gasteiger partial charge in [-0.3, -0.25) is 19.2 Å². The highest BCUT2D eigenvalue weighted by atomic mass is 16.5. The minimum Gasteiger partial charge on any atom is -0.379 e. The molecule has 0 saturated carbocycles. The molecule has 0 aromatic carbocycles. The van der Waals surface area contributed by atoms with Gasteiger partial charge in [0.25, 0.3) is 0 Å². The highest BCUT2D eigenvalue weighted by Gasteiger charge is 2.42. The average molecular weight is 720 g/mol. The van der Waals surface area contributed by atoms with E-state index in [1.54, 1.807) is 33.1 Å². The van der Waals surface area contributed by atoms with Gasteiger partial charge in [0, 0.05) is 91.9 Å². The van der Waals surface area contributed by atoms with Crippen LogP contribution in [-0.4, -0.2) is 159 Å². The summed E-state index contributed by atoms with van der Waals surface area (Å²) in [5.41, 5.74) is 8.48. The molecule has 0 bridgehead atoms. The van der Waals surface area contributed by atoms with Crippen LogP contribution in [0.3, 0.4) is 0 Å². The molecule has 0 radical (unpaired) electrons. The number of guanidine groups is 1. The van der Waals surface area contributed by atoms with Crippen LogP contribution in [0.25, 0.3) is 10.4 Å². The maximum absolute atomic E-state index is 14.5. The number of methoxy groups -OCH3 is 2. The molecule has 0 aromatic heterocycles. The number of likely N-dealkylation sites (N-methyl/N-ethyl adjacent to an activating group) is 1. The number of azide groups is 1. The Bertz CT molecular complexity index is 1230. The minimum atomic E-state index is -0.689. The van der Waals surface area contributed by atoms with Crippen LogP contribution in [0, 0.1) is 17.8 Å². The number of Topliss-reactive ketones (excluding diaryl/α,β-unsaturated/α-hetero) is 1. The molecule has 2 aliphatic rings. The SMILES string of the molecule is CC[C@H](C)[C@@H]([C@@H](CC(=O)N1CCC[C@H]1[C@H](OC)[C@@H](C)C(C)=O)OC)N(C)C(=O)[C@@H](N=C(N(C)C)N1CCN(C(=O)CCCN=[N+]=[N-])CC1)C(C)C. The summed E-state index contributed by atoms with van der Waals surface area (Å²) < 4.78 is 11.8. The highest BCUT2D eigenvalue weighted by molar-refractivity contribution is 5.88. The molecular formula is C36H65N9O6. The lowest BCUT2D eigenvalue weighted by Crippen LogP contribution is -2.56. The average Bonchev–Trinajstić information content (AvgIpc) is 3.59. The van der Waals surface area contributed by atoms with Gasteiger partial charge in [-0.1, -0.05) is 46.2 Å². The van der Waals surface area contributed by atoms with E-state index < -0.39 is 12.1 Å². The first-order valence-corrected chi connectivity index (χ1v) is 18.6. The van der Waals surface area contributed by atoms with Gasteiger partial charge in [0.15, 0.2) is 5.96 Å². The van der Waals surface area contributed by atoms with E-state index in [0.717, 1.165) is 19.3 Å². The number of hydrogen-bond donors (Lipinski definition) is 0. The summed E-state index contributed by atoms with van der Waals surface area (Å²) in [6, 6.07) is -1.28. The number of likely N-dealkylation sites (tertiary alicyclic amines) is 1. The lowest BCUT2D eigenvalue weighted by Gasteiger charge is -2.41. The predicted molar refractivity (Wildman–Crippen MR) is 198 cm³/mol. The molecular weight excluding hydrogens is 654 g/mol. The smallest absolute Gasteiger partial charge is 0.247 e. The fourth-order valence-electron chi connectivity index (χ4n) is 7.35. The Labute approximate surface area is 305 Å². The molecule has 51 heavy (non-hydrogen) atoms. The largest absolute Gasteiger partial charge is 0.379 e. The van der Waals surface area contributed by atoms with Crippen molar-refractivity contribution in [1.82, 2.24) is 24.5 Å². The summed E-state index contributed by atoms with van der Waals surface area (Å²) >= 11 is 0. The zero-order valence-electron chi connectivity index (χ0n) is 33.1. The van der Waals surface area contributed by atoms with Crippen LogP contribution in [0.5, 0.6) is 0 Å². The summed E-state index contributed by atoms with van der Waals surface area (Å²) in [7, 11) is 8.79. The summed E-state index contributed by atoms with van der Waals surface area (Å²) in [5, 5.41) is 3.51. The Kier molecular flexibility index (Phi) is 18.2. The maximum atomic E-state index is 14.5. The molecule has 3 amide bonds. The monoisotopic (exact) mass is 720 g/mol. The number of aliphatic imine (C=N–C) groups is 1. The Morgan fingerprint density at radius 2 is 1.57 bits per heavy atom. The van der Waals surface area contributed by atoms with Crippen molar-refractivity contribution in [3.8, 4) is 0 Å². The Morgan fingerprint density at radius 1 is 0.941 bits per heavy atom. The second-order valence-corrected chi connectivity index (χ2v) is 14.6. The number of amides is 3. The fourth-order valence-corrected chi connectivity index (χ4v) is 7.35. The topological polar surface area (TPSA) is 164 Å². The molecule has 7 atom stereocenters. The first kappa shape index (κ1) is 43.7. The van der Waals surface area contributed by atoms with Gasteiger partial charge in [-0.15, -0.1) is 0 Å². The molecule has 2 fully saturated rings. The van der Waals surface area contributed by atoms with Gasteiger partial charge in [-0.2, -0.15) is 0 Å². The van der Waals surface area contributed by atoms with Crippen LogP contribution < -0.4 is 0 Å². The molecule has 290 valence electrons. The van der Waals surface area contributed by atoms with Crippen LogP contribution in [0.15, 0.2) is 10.1 Å². The van der Waals surface area contributed by atoms with Gasteiger partial charge in [0.1, 0.15) is 11.8 Å². The molecule has 2 rings (SSSR count). The van der Waals surface area contributed by atoms with Crippen LogP contribution in [0.2, 0.25) is 0 Å². The van der Waals surface area contributed by atoms with Crippen LogP contribution >= 0.6 is 0 Å². The number of rotatable bonds is 18. The maximum Gasteiger partial charge on any atom is 0.247 e. The first-order valence-electron chi connectivity index (χ1n) is 18.6. The zero-order chi connectivity index (χ0) is 38.4. The third kappa shape index (κ3) is 11.8. The highest BCUT2D eigenvalue weighted by Crippen LogP contribution is 2.30. The zero-order valence-corrected chi connectivity index (χ0v) is 33.1. The van der Waals surface area contributed by atoms with Crippen molar-refractivity contribution in [1.29, 1.82) is 0 Å². The van der Waals surface area contributed by atoms with E-state index in [1.807, 2.05) is 49.6 Å². The summed E-state index contributed by atoms with van der Waals surface area (Å²) in [6.07, 6.45) is 2.37. The van der Waals surface area contributed by atoms with Crippen molar-refractivity contribution in [3.63, 3.8) is 0 Å². The number of hydrogen-bond acceptors (Lipinski definition) is 8.